The largest absolute Gasteiger partial charge is 0.313 e. The highest BCUT2D eigenvalue weighted by molar-refractivity contribution is 4.80. The second-order valence-electron chi connectivity index (χ2n) is 6.62. The van der Waals surface area contributed by atoms with Gasteiger partial charge < -0.3 is 5.32 Å². The summed E-state index contributed by atoms with van der Waals surface area (Å²) in [6.45, 7) is 15.3. The molecule has 1 fully saturated rings. The van der Waals surface area contributed by atoms with E-state index in [0.29, 0.717) is 12.1 Å². The minimum atomic E-state index is 0.599. The number of likely N-dealkylation sites (tertiary alicyclic amines) is 1. The van der Waals surface area contributed by atoms with Crippen molar-refractivity contribution in [1.29, 1.82) is 0 Å². The predicted molar refractivity (Wildman–Crippen MR) is 81.0 cm³/mol. The van der Waals surface area contributed by atoms with Gasteiger partial charge in [0.25, 0.3) is 0 Å². The molecule has 0 spiro atoms. The molecule has 2 nitrogen and oxygen atoms in total. The van der Waals surface area contributed by atoms with Gasteiger partial charge in [-0.05, 0) is 44.2 Å². The Morgan fingerprint density at radius 3 is 2.39 bits per heavy atom. The van der Waals surface area contributed by atoms with Crippen molar-refractivity contribution in [3.8, 4) is 0 Å². The van der Waals surface area contributed by atoms with Crippen molar-refractivity contribution >= 4 is 0 Å². The number of hydrogen-bond acceptors (Lipinski definition) is 2. The van der Waals surface area contributed by atoms with E-state index in [1.54, 1.807) is 0 Å². The summed E-state index contributed by atoms with van der Waals surface area (Å²) < 4.78 is 0. The fraction of sp³-hybridized carbons (Fsp3) is 1.00. The minimum absolute atomic E-state index is 0.599. The molecule has 0 aromatic heterocycles. The Hall–Kier alpha value is -0.0800. The fourth-order valence-electron chi connectivity index (χ4n) is 3.07. The van der Waals surface area contributed by atoms with Crippen molar-refractivity contribution in [2.45, 2.75) is 72.4 Å². The highest BCUT2D eigenvalue weighted by Crippen LogP contribution is 2.23. The van der Waals surface area contributed by atoms with E-state index >= 15 is 0 Å². The third-order valence-electron chi connectivity index (χ3n) is 4.43. The quantitative estimate of drug-likeness (QED) is 0.780. The zero-order valence-electron chi connectivity index (χ0n) is 13.2. The van der Waals surface area contributed by atoms with E-state index in [9.17, 15) is 0 Å². The Morgan fingerprint density at radius 1 is 1.11 bits per heavy atom. The smallest absolute Gasteiger partial charge is 0.0243 e. The van der Waals surface area contributed by atoms with E-state index in [1.165, 1.54) is 38.8 Å². The number of nitrogens with zero attached hydrogens (tertiary/aromatic N) is 1. The molecule has 1 aliphatic rings. The maximum Gasteiger partial charge on any atom is 0.0243 e. The average Bonchev–Trinajstić information content (AvgIpc) is 2.54. The maximum absolute atomic E-state index is 3.63. The van der Waals surface area contributed by atoms with E-state index in [0.717, 1.165) is 18.4 Å². The summed E-state index contributed by atoms with van der Waals surface area (Å²) in [5.74, 6) is 1.72. The van der Waals surface area contributed by atoms with Crippen molar-refractivity contribution in [3.05, 3.63) is 0 Å². The summed E-state index contributed by atoms with van der Waals surface area (Å²) in [4.78, 5) is 2.75. The molecule has 0 bridgehead atoms. The van der Waals surface area contributed by atoms with Crippen LogP contribution in [0.25, 0.3) is 0 Å². The minimum Gasteiger partial charge on any atom is -0.313 e. The first-order valence-corrected chi connectivity index (χ1v) is 8.02. The summed E-state index contributed by atoms with van der Waals surface area (Å²) >= 11 is 0. The molecule has 1 N–H and O–H groups in total. The zero-order chi connectivity index (χ0) is 13.5. The second-order valence-corrected chi connectivity index (χ2v) is 6.62. The molecule has 1 rings (SSSR count). The third-order valence-corrected chi connectivity index (χ3v) is 4.43. The van der Waals surface area contributed by atoms with Crippen molar-refractivity contribution in [3.63, 3.8) is 0 Å². The lowest BCUT2D eigenvalue weighted by Crippen LogP contribution is -2.47. The average molecular weight is 254 g/mol. The standard InChI is InChI=1S/C16H34N2/c1-6-15-8-7-10-18(11-9-15)16(13(2)3)12-17-14(4)5/h13-17H,6-12H2,1-5H3. The van der Waals surface area contributed by atoms with Gasteiger partial charge in [-0.2, -0.15) is 0 Å². The molecule has 2 heteroatoms. The molecule has 18 heavy (non-hydrogen) atoms. The second kappa shape index (κ2) is 8.16. The first kappa shape index (κ1) is 16.0. The Bertz CT molecular complexity index is 213. The monoisotopic (exact) mass is 254 g/mol. The van der Waals surface area contributed by atoms with E-state index in [4.69, 9.17) is 0 Å². The van der Waals surface area contributed by atoms with Gasteiger partial charge in [-0.1, -0.05) is 41.0 Å². The van der Waals surface area contributed by atoms with Gasteiger partial charge in [0.15, 0.2) is 0 Å². The van der Waals surface area contributed by atoms with E-state index in [1.807, 2.05) is 0 Å². The molecule has 0 aromatic carbocycles. The van der Waals surface area contributed by atoms with Gasteiger partial charge in [0.1, 0.15) is 0 Å². The normalized spacial score (nSPS) is 24.5. The van der Waals surface area contributed by atoms with Crippen LogP contribution in [0.3, 0.4) is 0 Å². The third kappa shape index (κ3) is 5.27. The Balaban J connectivity index is 2.51. The van der Waals surface area contributed by atoms with Crippen LogP contribution in [0.15, 0.2) is 0 Å². The molecule has 0 aliphatic carbocycles. The molecular formula is C16H34N2. The molecule has 2 atom stereocenters. The van der Waals surface area contributed by atoms with Gasteiger partial charge in [0, 0.05) is 18.6 Å². The Labute approximate surface area is 115 Å². The van der Waals surface area contributed by atoms with Gasteiger partial charge in [-0.3, -0.25) is 4.90 Å². The van der Waals surface area contributed by atoms with Crippen LogP contribution in [0, 0.1) is 11.8 Å². The van der Waals surface area contributed by atoms with Crippen LogP contribution in [0.2, 0.25) is 0 Å². The molecular weight excluding hydrogens is 220 g/mol. The topological polar surface area (TPSA) is 15.3 Å². The molecule has 0 saturated carbocycles. The van der Waals surface area contributed by atoms with Gasteiger partial charge in [-0.15, -0.1) is 0 Å². The fourth-order valence-corrected chi connectivity index (χ4v) is 3.07. The molecule has 0 radical (unpaired) electrons. The van der Waals surface area contributed by atoms with Crippen LogP contribution < -0.4 is 5.32 Å². The summed E-state index contributed by atoms with van der Waals surface area (Å²) in [5, 5.41) is 3.63. The number of rotatable bonds is 6. The lowest BCUT2D eigenvalue weighted by molar-refractivity contribution is 0.153. The van der Waals surface area contributed by atoms with Crippen molar-refractivity contribution in [1.82, 2.24) is 10.2 Å². The van der Waals surface area contributed by atoms with Gasteiger partial charge in [-0.25, -0.2) is 0 Å². The van der Waals surface area contributed by atoms with Crippen molar-refractivity contribution < 1.29 is 0 Å². The molecule has 1 aliphatic heterocycles. The molecule has 108 valence electrons. The van der Waals surface area contributed by atoms with Crippen LogP contribution in [-0.4, -0.2) is 36.6 Å². The summed E-state index contributed by atoms with van der Waals surface area (Å²) in [5.41, 5.74) is 0. The van der Waals surface area contributed by atoms with Crippen LogP contribution in [0.5, 0.6) is 0 Å². The number of nitrogens with one attached hydrogen (secondary N) is 1. The molecule has 2 unspecified atom stereocenters. The number of hydrogen-bond donors (Lipinski definition) is 1. The molecule has 1 saturated heterocycles. The van der Waals surface area contributed by atoms with Crippen LogP contribution in [0.1, 0.15) is 60.3 Å². The zero-order valence-corrected chi connectivity index (χ0v) is 13.2. The summed E-state index contributed by atoms with van der Waals surface area (Å²) in [6.07, 6.45) is 5.60. The highest BCUT2D eigenvalue weighted by Gasteiger charge is 2.24. The van der Waals surface area contributed by atoms with Crippen LogP contribution >= 0.6 is 0 Å². The van der Waals surface area contributed by atoms with E-state index in [2.05, 4.69) is 44.8 Å². The van der Waals surface area contributed by atoms with Crippen LogP contribution in [0.4, 0.5) is 0 Å². The first-order chi connectivity index (χ1) is 8.54. The van der Waals surface area contributed by atoms with E-state index < -0.39 is 0 Å². The SMILES string of the molecule is CCC1CCCN(C(CNC(C)C)C(C)C)CC1. The lowest BCUT2D eigenvalue weighted by atomic mass is 9.98. The van der Waals surface area contributed by atoms with Gasteiger partial charge in [0.2, 0.25) is 0 Å². The summed E-state index contributed by atoms with van der Waals surface area (Å²) in [7, 11) is 0. The van der Waals surface area contributed by atoms with Crippen LogP contribution in [-0.2, 0) is 0 Å². The predicted octanol–water partition coefficient (Wildman–Crippen LogP) is 3.52. The molecule has 1 heterocycles. The molecule has 0 aromatic rings. The Morgan fingerprint density at radius 2 is 1.83 bits per heavy atom. The highest BCUT2D eigenvalue weighted by atomic mass is 15.2. The van der Waals surface area contributed by atoms with Gasteiger partial charge in [0.05, 0.1) is 0 Å². The molecule has 0 amide bonds. The first-order valence-electron chi connectivity index (χ1n) is 8.02. The van der Waals surface area contributed by atoms with Crippen molar-refractivity contribution in [2.24, 2.45) is 11.8 Å². The Kier molecular flexibility index (Phi) is 7.25. The van der Waals surface area contributed by atoms with Gasteiger partial charge >= 0.3 is 0 Å². The summed E-state index contributed by atoms with van der Waals surface area (Å²) in [6, 6.07) is 1.31. The van der Waals surface area contributed by atoms with Crippen molar-refractivity contribution in [2.75, 3.05) is 19.6 Å². The van der Waals surface area contributed by atoms with E-state index in [-0.39, 0.29) is 0 Å². The maximum atomic E-state index is 3.63. The lowest BCUT2D eigenvalue weighted by Gasteiger charge is -2.34.